The highest BCUT2D eigenvalue weighted by atomic mass is 79.9. The van der Waals surface area contributed by atoms with Gasteiger partial charge in [0.15, 0.2) is 3.92 Å². The molecule has 0 spiro atoms. The van der Waals surface area contributed by atoms with E-state index >= 15 is 0 Å². The normalized spacial score (nSPS) is 10.4. The molecule has 0 saturated carbocycles. The number of aliphatic hydroxyl groups excluding tert-OH is 1. The summed E-state index contributed by atoms with van der Waals surface area (Å²) < 4.78 is 0.806. The smallest absolute Gasteiger partial charge is 0.160 e. The standard InChI is InChI=1S/C10H8BrNOS/c11-10-12-8(6-13)9(14-10)7-4-2-1-3-5-7/h1-5,13H,6H2. The van der Waals surface area contributed by atoms with Crippen LogP contribution >= 0.6 is 27.3 Å². The van der Waals surface area contributed by atoms with Crippen LogP contribution in [0.15, 0.2) is 34.2 Å². The Hall–Kier alpha value is -0.710. The van der Waals surface area contributed by atoms with Gasteiger partial charge in [-0.2, -0.15) is 0 Å². The van der Waals surface area contributed by atoms with E-state index in [1.807, 2.05) is 30.3 Å². The number of rotatable bonds is 2. The number of aromatic nitrogens is 1. The maximum atomic E-state index is 9.12. The van der Waals surface area contributed by atoms with Crippen molar-refractivity contribution >= 4 is 27.3 Å². The van der Waals surface area contributed by atoms with E-state index in [-0.39, 0.29) is 6.61 Å². The van der Waals surface area contributed by atoms with Crippen molar-refractivity contribution in [3.63, 3.8) is 0 Å². The van der Waals surface area contributed by atoms with Crippen LogP contribution in [0.5, 0.6) is 0 Å². The van der Waals surface area contributed by atoms with Gasteiger partial charge in [0.25, 0.3) is 0 Å². The first-order valence-corrected chi connectivity index (χ1v) is 5.73. The lowest BCUT2D eigenvalue weighted by Crippen LogP contribution is -1.85. The average Bonchev–Trinajstić information content (AvgIpc) is 2.61. The minimum atomic E-state index is -0.0215. The fourth-order valence-corrected chi connectivity index (χ4v) is 2.75. The van der Waals surface area contributed by atoms with Crippen molar-refractivity contribution in [1.29, 1.82) is 0 Å². The summed E-state index contributed by atoms with van der Waals surface area (Å²) in [6, 6.07) is 9.95. The largest absolute Gasteiger partial charge is 0.390 e. The molecule has 0 atom stereocenters. The maximum absolute atomic E-state index is 9.12. The zero-order valence-electron chi connectivity index (χ0n) is 7.27. The van der Waals surface area contributed by atoms with Gasteiger partial charge in [-0.05, 0) is 21.5 Å². The van der Waals surface area contributed by atoms with Gasteiger partial charge in [0.05, 0.1) is 17.2 Å². The summed E-state index contributed by atoms with van der Waals surface area (Å²) in [4.78, 5) is 5.22. The second-order valence-corrected chi connectivity index (χ2v) is 5.04. The third-order valence-corrected chi connectivity index (χ3v) is 3.46. The number of thiazole rings is 1. The van der Waals surface area contributed by atoms with Gasteiger partial charge >= 0.3 is 0 Å². The van der Waals surface area contributed by atoms with Gasteiger partial charge in [-0.15, -0.1) is 11.3 Å². The van der Waals surface area contributed by atoms with Crippen molar-refractivity contribution < 1.29 is 5.11 Å². The molecule has 1 heterocycles. The lowest BCUT2D eigenvalue weighted by atomic mass is 10.2. The summed E-state index contributed by atoms with van der Waals surface area (Å²) in [7, 11) is 0. The Bertz CT molecular complexity index is 427. The van der Waals surface area contributed by atoms with Gasteiger partial charge in [-0.25, -0.2) is 4.98 Å². The third-order valence-electron chi connectivity index (χ3n) is 1.86. The van der Waals surface area contributed by atoms with Crippen molar-refractivity contribution in [2.24, 2.45) is 0 Å². The minimum absolute atomic E-state index is 0.0215. The Morgan fingerprint density at radius 1 is 1.29 bits per heavy atom. The van der Waals surface area contributed by atoms with Crippen LogP contribution in [-0.4, -0.2) is 10.1 Å². The highest BCUT2D eigenvalue weighted by Gasteiger charge is 2.09. The second-order valence-electron chi connectivity index (χ2n) is 2.77. The van der Waals surface area contributed by atoms with E-state index in [1.165, 1.54) is 11.3 Å². The van der Waals surface area contributed by atoms with Gasteiger partial charge in [-0.3, -0.25) is 0 Å². The van der Waals surface area contributed by atoms with Gasteiger partial charge in [0, 0.05) is 0 Å². The first-order valence-electron chi connectivity index (χ1n) is 4.12. The third kappa shape index (κ3) is 1.87. The van der Waals surface area contributed by atoms with Gasteiger partial charge < -0.3 is 5.11 Å². The number of hydrogen-bond acceptors (Lipinski definition) is 3. The van der Waals surface area contributed by atoms with Crippen molar-refractivity contribution in [2.75, 3.05) is 0 Å². The molecule has 14 heavy (non-hydrogen) atoms. The Kier molecular flexibility index (Phi) is 2.96. The van der Waals surface area contributed by atoms with Crippen molar-refractivity contribution in [2.45, 2.75) is 6.61 Å². The number of aliphatic hydroxyl groups is 1. The molecule has 0 radical (unpaired) electrons. The predicted molar refractivity (Wildman–Crippen MR) is 61.2 cm³/mol. The van der Waals surface area contributed by atoms with E-state index in [0.717, 1.165) is 20.1 Å². The molecule has 2 nitrogen and oxygen atoms in total. The SMILES string of the molecule is OCc1nc(Br)sc1-c1ccccc1. The van der Waals surface area contributed by atoms with Gasteiger partial charge in [-0.1, -0.05) is 30.3 Å². The minimum Gasteiger partial charge on any atom is -0.390 e. The Morgan fingerprint density at radius 2 is 2.00 bits per heavy atom. The number of halogens is 1. The number of hydrogen-bond donors (Lipinski definition) is 1. The summed E-state index contributed by atoms with van der Waals surface area (Å²) in [6.07, 6.45) is 0. The molecule has 72 valence electrons. The quantitative estimate of drug-likeness (QED) is 0.909. The average molecular weight is 270 g/mol. The molecule has 2 rings (SSSR count). The van der Waals surface area contributed by atoms with Crippen LogP contribution in [0.1, 0.15) is 5.69 Å². The molecule has 1 N–H and O–H groups in total. The summed E-state index contributed by atoms with van der Waals surface area (Å²) in [6.45, 7) is -0.0215. The molecular weight excluding hydrogens is 262 g/mol. The van der Waals surface area contributed by atoms with E-state index in [0.29, 0.717) is 0 Å². The Balaban J connectivity index is 2.51. The molecule has 0 unspecified atom stereocenters. The first kappa shape index (κ1) is 9.83. The summed E-state index contributed by atoms with van der Waals surface area (Å²) >= 11 is 4.85. The van der Waals surface area contributed by atoms with Crippen molar-refractivity contribution in [1.82, 2.24) is 4.98 Å². The summed E-state index contributed by atoms with van der Waals surface area (Å²) in [5.74, 6) is 0. The van der Waals surface area contributed by atoms with Crippen LogP contribution in [0.3, 0.4) is 0 Å². The highest BCUT2D eigenvalue weighted by Crippen LogP contribution is 2.32. The molecule has 4 heteroatoms. The molecule has 0 aliphatic carbocycles. The van der Waals surface area contributed by atoms with Crippen LogP contribution in [0.2, 0.25) is 0 Å². The Morgan fingerprint density at radius 3 is 2.64 bits per heavy atom. The topological polar surface area (TPSA) is 33.1 Å². The molecule has 0 aliphatic rings. The fraction of sp³-hybridized carbons (Fsp3) is 0.100. The number of nitrogens with zero attached hydrogens (tertiary/aromatic N) is 1. The summed E-state index contributed by atoms with van der Waals surface area (Å²) in [5, 5.41) is 9.12. The molecule has 0 amide bonds. The zero-order chi connectivity index (χ0) is 9.97. The molecule has 0 saturated heterocycles. The van der Waals surface area contributed by atoms with E-state index in [4.69, 9.17) is 5.11 Å². The van der Waals surface area contributed by atoms with E-state index in [9.17, 15) is 0 Å². The number of benzene rings is 1. The summed E-state index contributed by atoms with van der Waals surface area (Å²) in [5.41, 5.74) is 1.83. The molecule has 0 bridgehead atoms. The zero-order valence-corrected chi connectivity index (χ0v) is 9.68. The van der Waals surface area contributed by atoms with E-state index < -0.39 is 0 Å². The maximum Gasteiger partial charge on any atom is 0.160 e. The highest BCUT2D eigenvalue weighted by molar-refractivity contribution is 9.11. The first-order chi connectivity index (χ1) is 6.81. The van der Waals surface area contributed by atoms with Crippen LogP contribution in [0, 0.1) is 0 Å². The van der Waals surface area contributed by atoms with Gasteiger partial charge in [0.2, 0.25) is 0 Å². The molecule has 1 aromatic heterocycles. The van der Waals surface area contributed by atoms with Crippen LogP contribution < -0.4 is 0 Å². The molecule has 0 fully saturated rings. The monoisotopic (exact) mass is 269 g/mol. The van der Waals surface area contributed by atoms with E-state index in [1.54, 1.807) is 0 Å². The van der Waals surface area contributed by atoms with Crippen LogP contribution in [0.4, 0.5) is 0 Å². The lowest BCUT2D eigenvalue weighted by Gasteiger charge is -1.97. The molecule has 2 aromatic rings. The Labute approximate surface area is 94.4 Å². The lowest BCUT2D eigenvalue weighted by molar-refractivity contribution is 0.278. The van der Waals surface area contributed by atoms with Crippen molar-refractivity contribution in [3.8, 4) is 10.4 Å². The molecule has 0 aliphatic heterocycles. The second kappa shape index (κ2) is 4.21. The van der Waals surface area contributed by atoms with Crippen molar-refractivity contribution in [3.05, 3.63) is 39.9 Å². The van der Waals surface area contributed by atoms with Crippen LogP contribution in [0.25, 0.3) is 10.4 Å². The predicted octanol–water partition coefficient (Wildman–Crippen LogP) is 3.06. The van der Waals surface area contributed by atoms with Crippen LogP contribution in [-0.2, 0) is 6.61 Å². The fourth-order valence-electron chi connectivity index (χ4n) is 1.25. The van der Waals surface area contributed by atoms with E-state index in [2.05, 4.69) is 20.9 Å². The molecule has 1 aromatic carbocycles. The molecular formula is C10H8BrNOS. The van der Waals surface area contributed by atoms with Gasteiger partial charge in [0.1, 0.15) is 0 Å².